The van der Waals surface area contributed by atoms with Crippen molar-refractivity contribution < 1.29 is 13.9 Å². The van der Waals surface area contributed by atoms with Gasteiger partial charge in [0.2, 0.25) is 5.91 Å². The number of nitrogens with zero attached hydrogens (tertiary/aromatic N) is 3. The first-order chi connectivity index (χ1) is 14.2. The van der Waals surface area contributed by atoms with Gasteiger partial charge >= 0.3 is 0 Å². The summed E-state index contributed by atoms with van der Waals surface area (Å²) in [6.45, 7) is 11.2. The molecular weight excluding hydrogens is 497 g/mol. The van der Waals surface area contributed by atoms with Crippen LogP contribution in [0, 0.1) is 6.92 Å². The van der Waals surface area contributed by atoms with Gasteiger partial charge in [-0.3, -0.25) is 14.7 Å². The molecule has 0 aromatic carbocycles. The van der Waals surface area contributed by atoms with Gasteiger partial charge in [0.15, 0.2) is 5.96 Å². The summed E-state index contributed by atoms with van der Waals surface area (Å²) in [6.07, 6.45) is 2.61. The van der Waals surface area contributed by atoms with Gasteiger partial charge in [0, 0.05) is 45.7 Å². The van der Waals surface area contributed by atoms with Crippen LogP contribution < -0.4 is 10.6 Å². The van der Waals surface area contributed by atoms with Crippen LogP contribution in [0.25, 0.3) is 0 Å². The number of amides is 1. The number of likely N-dealkylation sites (tertiary alicyclic amines) is 1. The van der Waals surface area contributed by atoms with Crippen molar-refractivity contribution in [3.05, 3.63) is 23.7 Å². The summed E-state index contributed by atoms with van der Waals surface area (Å²) in [6, 6.07) is 4.17. The number of aliphatic imine (C=N–C) groups is 1. The third kappa shape index (κ3) is 7.42. The molecule has 3 rings (SSSR count). The van der Waals surface area contributed by atoms with Gasteiger partial charge in [-0.15, -0.1) is 24.0 Å². The van der Waals surface area contributed by atoms with Crippen molar-refractivity contribution in [1.29, 1.82) is 0 Å². The topological polar surface area (TPSA) is 82.3 Å². The highest BCUT2D eigenvalue weighted by Crippen LogP contribution is 2.24. The number of ether oxygens (including phenoxy) is 1. The number of guanidine groups is 1. The van der Waals surface area contributed by atoms with E-state index in [4.69, 9.17) is 14.1 Å². The monoisotopic (exact) mass is 533 g/mol. The van der Waals surface area contributed by atoms with Crippen LogP contribution >= 0.6 is 24.0 Å². The molecule has 3 heterocycles. The number of halogens is 1. The molecule has 1 atom stereocenters. The fourth-order valence-electron chi connectivity index (χ4n) is 3.84. The molecule has 8 nitrogen and oxygen atoms in total. The zero-order chi connectivity index (χ0) is 20.5. The van der Waals surface area contributed by atoms with Gasteiger partial charge in [-0.2, -0.15) is 0 Å². The Labute approximate surface area is 196 Å². The fraction of sp³-hybridized carbons (Fsp3) is 0.714. The predicted molar refractivity (Wildman–Crippen MR) is 128 cm³/mol. The molecule has 0 spiro atoms. The van der Waals surface area contributed by atoms with Gasteiger partial charge in [-0.05, 0) is 38.8 Å². The minimum atomic E-state index is 0. The van der Waals surface area contributed by atoms with E-state index in [2.05, 4.69) is 28.5 Å². The lowest BCUT2D eigenvalue weighted by Crippen LogP contribution is -2.42. The molecule has 1 unspecified atom stereocenters. The van der Waals surface area contributed by atoms with E-state index in [0.717, 1.165) is 82.8 Å². The molecule has 170 valence electrons. The minimum absolute atomic E-state index is 0. The molecule has 1 aromatic rings. The molecule has 1 amide bonds. The van der Waals surface area contributed by atoms with E-state index < -0.39 is 0 Å². The number of furan rings is 1. The van der Waals surface area contributed by atoms with Crippen molar-refractivity contribution in [2.45, 2.75) is 39.2 Å². The lowest BCUT2D eigenvalue weighted by Gasteiger charge is -2.32. The molecule has 0 radical (unpaired) electrons. The number of carbonyl (C=O) groups is 1. The molecule has 2 N–H and O–H groups in total. The Balaban J connectivity index is 0.00000320. The lowest BCUT2D eigenvalue weighted by atomic mass is 10.1. The van der Waals surface area contributed by atoms with Crippen LogP contribution in [0.1, 0.15) is 43.7 Å². The Morgan fingerprint density at radius 2 is 2.03 bits per heavy atom. The summed E-state index contributed by atoms with van der Waals surface area (Å²) < 4.78 is 11.4. The molecule has 2 saturated heterocycles. The van der Waals surface area contributed by atoms with E-state index in [1.165, 1.54) is 0 Å². The van der Waals surface area contributed by atoms with Gasteiger partial charge in [-0.1, -0.05) is 0 Å². The van der Waals surface area contributed by atoms with Crippen molar-refractivity contribution in [3.63, 3.8) is 0 Å². The maximum absolute atomic E-state index is 11.7. The average Bonchev–Trinajstić information content (AvgIpc) is 3.34. The van der Waals surface area contributed by atoms with E-state index in [1.54, 1.807) is 0 Å². The molecule has 0 aliphatic carbocycles. The maximum atomic E-state index is 11.7. The normalized spacial score (nSPS) is 18.9. The molecule has 2 fully saturated rings. The summed E-state index contributed by atoms with van der Waals surface area (Å²) in [5.41, 5.74) is 0. The molecule has 1 aromatic heterocycles. The van der Waals surface area contributed by atoms with Crippen molar-refractivity contribution in [2.24, 2.45) is 4.99 Å². The predicted octanol–water partition coefficient (Wildman–Crippen LogP) is 2.15. The number of hydrogen-bond donors (Lipinski definition) is 2. The summed E-state index contributed by atoms with van der Waals surface area (Å²) in [5.74, 6) is 2.97. The molecule has 0 bridgehead atoms. The van der Waals surface area contributed by atoms with Crippen molar-refractivity contribution >= 4 is 35.8 Å². The Morgan fingerprint density at radius 3 is 2.67 bits per heavy atom. The van der Waals surface area contributed by atoms with E-state index >= 15 is 0 Å². The summed E-state index contributed by atoms with van der Waals surface area (Å²) in [4.78, 5) is 20.9. The quantitative estimate of drug-likeness (QED) is 0.219. The van der Waals surface area contributed by atoms with Gasteiger partial charge in [0.1, 0.15) is 11.5 Å². The number of nitrogens with one attached hydrogen (secondary N) is 2. The van der Waals surface area contributed by atoms with Gasteiger partial charge < -0.3 is 24.7 Å². The van der Waals surface area contributed by atoms with Crippen LogP contribution in [0.5, 0.6) is 0 Å². The highest BCUT2D eigenvalue weighted by Gasteiger charge is 2.25. The van der Waals surface area contributed by atoms with Crippen LogP contribution in [0.4, 0.5) is 0 Å². The molecule has 30 heavy (non-hydrogen) atoms. The van der Waals surface area contributed by atoms with Crippen LogP contribution in [0.15, 0.2) is 21.5 Å². The zero-order valence-corrected chi connectivity index (χ0v) is 20.5. The number of carbonyl (C=O) groups excluding carboxylic acids is 1. The number of morpholine rings is 1. The van der Waals surface area contributed by atoms with Crippen LogP contribution in [0.3, 0.4) is 0 Å². The van der Waals surface area contributed by atoms with Gasteiger partial charge in [0.25, 0.3) is 0 Å². The van der Waals surface area contributed by atoms with Crippen LogP contribution in [-0.2, 0) is 9.53 Å². The molecule has 2 aliphatic heterocycles. The summed E-state index contributed by atoms with van der Waals surface area (Å²) >= 11 is 0. The van der Waals surface area contributed by atoms with E-state index in [-0.39, 0.29) is 35.9 Å². The molecule has 2 aliphatic rings. The fourth-order valence-corrected chi connectivity index (χ4v) is 3.84. The average molecular weight is 533 g/mol. The van der Waals surface area contributed by atoms with Crippen molar-refractivity contribution in [1.82, 2.24) is 20.4 Å². The van der Waals surface area contributed by atoms with E-state index in [9.17, 15) is 4.79 Å². The largest absolute Gasteiger partial charge is 0.465 e. The maximum Gasteiger partial charge on any atom is 0.222 e. The third-order valence-corrected chi connectivity index (χ3v) is 5.41. The van der Waals surface area contributed by atoms with Crippen molar-refractivity contribution in [3.8, 4) is 0 Å². The zero-order valence-electron chi connectivity index (χ0n) is 18.2. The summed E-state index contributed by atoms with van der Waals surface area (Å²) in [7, 11) is 0. The highest BCUT2D eigenvalue weighted by atomic mass is 127. The number of aryl methyl sites for hydroxylation is 1. The second-order valence-corrected chi connectivity index (χ2v) is 7.60. The SMILES string of the molecule is CCNC(=NCC(c1ccc(C)o1)N1CCOCC1)NCCCN1CCCC1=O.I. The first kappa shape index (κ1) is 24.9. The molecular formula is C21H36IN5O3. The van der Waals surface area contributed by atoms with Crippen molar-refractivity contribution in [2.75, 3.05) is 59.0 Å². The highest BCUT2D eigenvalue weighted by molar-refractivity contribution is 14.0. The lowest BCUT2D eigenvalue weighted by molar-refractivity contribution is -0.127. The Hall–Kier alpha value is -1.33. The second-order valence-electron chi connectivity index (χ2n) is 7.60. The second kappa shape index (κ2) is 13.2. The standard InChI is InChI=1S/C21H35N5O3.HI/c1-3-22-21(23-9-5-11-26-10-4-6-20(26)27)24-16-18(19-8-7-17(2)29-19)25-12-14-28-15-13-25;/h7-8,18H,3-6,9-16H2,1-2H3,(H2,22,23,24);1H. The summed E-state index contributed by atoms with van der Waals surface area (Å²) in [5, 5.41) is 6.72. The van der Waals surface area contributed by atoms with Crippen LogP contribution in [-0.4, -0.2) is 80.7 Å². The number of rotatable bonds is 9. The van der Waals surface area contributed by atoms with E-state index in [0.29, 0.717) is 13.0 Å². The van der Waals surface area contributed by atoms with Gasteiger partial charge in [0.05, 0.1) is 25.8 Å². The Morgan fingerprint density at radius 1 is 1.23 bits per heavy atom. The first-order valence-corrected chi connectivity index (χ1v) is 10.9. The Kier molecular flexibility index (Phi) is 10.9. The molecule has 9 heteroatoms. The van der Waals surface area contributed by atoms with E-state index in [1.807, 2.05) is 17.9 Å². The van der Waals surface area contributed by atoms with Crippen LogP contribution in [0.2, 0.25) is 0 Å². The minimum Gasteiger partial charge on any atom is -0.465 e. The number of hydrogen-bond acceptors (Lipinski definition) is 5. The first-order valence-electron chi connectivity index (χ1n) is 10.9. The Bertz CT molecular complexity index is 675. The smallest absolute Gasteiger partial charge is 0.222 e. The third-order valence-electron chi connectivity index (χ3n) is 5.41. The van der Waals surface area contributed by atoms with Gasteiger partial charge in [-0.25, -0.2) is 0 Å². The molecule has 0 saturated carbocycles.